The summed E-state index contributed by atoms with van der Waals surface area (Å²) >= 11 is 0. The lowest BCUT2D eigenvalue weighted by atomic mass is 9.87. The third-order valence-electron chi connectivity index (χ3n) is 4.22. The predicted molar refractivity (Wildman–Crippen MR) is 88.7 cm³/mol. The van der Waals surface area contributed by atoms with E-state index in [2.05, 4.69) is 10.6 Å². The summed E-state index contributed by atoms with van der Waals surface area (Å²) in [6.07, 6.45) is 4.13. The average Bonchev–Trinajstić information content (AvgIpc) is 2.54. The Morgan fingerprint density at radius 2 is 1.87 bits per heavy atom. The van der Waals surface area contributed by atoms with Gasteiger partial charge in [-0.3, -0.25) is 9.59 Å². The van der Waals surface area contributed by atoms with E-state index in [0.29, 0.717) is 25.4 Å². The molecule has 2 rings (SSSR count). The summed E-state index contributed by atoms with van der Waals surface area (Å²) in [7, 11) is 0. The van der Waals surface area contributed by atoms with E-state index in [4.69, 9.17) is 0 Å². The minimum Gasteiger partial charge on any atom is -0.393 e. The van der Waals surface area contributed by atoms with Crippen molar-refractivity contribution in [2.75, 3.05) is 13.1 Å². The highest BCUT2D eigenvalue weighted by Gasteiger charge is 2.20. The van der Waals surface area contributed by atoms with Crippen molar-refractivity contribution >= 4 is 11.8 Å². The molecular weight excluding hydrogens is 292 g/mol. The molecule has 1 aliphatic carbocycles. The molecule has 2 unspecified atom stereocenters. The molecule has 5 nitrogen and oxygen atoms in total. The van der Waals surface area contributed by atoms with E-state index >= 15 is 0 Å². The Labute approximate surface area is 137 Å². The first-order valence-corrected chi connectivity index (χ1v) is 8.39. The van der Waals surface area contributed by atoms with Crippen LogP contribution in [0.15, 0.2) is 30.3 Å². The van der Waals surface area contributed by atoms with Crippen molar-refractivity contribution in [3.05, 3.63) is 35.9 Å². The first-order chi connectivity index (χ1) is 11.1. The van der Waals surface area contributed by atoms with Gasteiger partial charge in [-0.05, 0) is 30.7 Å². The number of hydrogen-bond acceptors (Lipinski definition) is 3. The molecule has 0 spiro atoms. The van der Waals surface area contributed by atoms with E-state index in [1.54, 1.807) is 0 Å². The van der Waals surface area contributed by atoms with Gasteiger partial charge >= 0.3 is 0 Å². The molecule has 3 N–H and O–H groups in total. The number of benzene rings is 1. The molecular formula is C18H26N2O3. The first-order valence-electron chi connectivity index (χ1n) is 8.39. The van der Waals surface area contributed by atoms with Crippen LogP contribution < -0.4 is 10.6 Å². The molecule has 0 aromatic heterocycles. The maximum Gasteiger partial charge on any atom is 0.224 e. The van der Waals surface area contributed by atoms with Crippen LogP contribution in [-0.4, -0.2) is 36.1 Å². The van der Waals surface area contributed by atoms with Gasteiger partial charge in [0, 0.05) is 19.5 Å². The Hall–Kier alpha value is -1.88. The van der Waals surface area contributed by atoms with Gasteiger partial charge in [0.25, 0.3) is 0 Å². The second-order valence-electron chi connectivity index (χ2n) is 6.25. The Balaban J connectivity index is 1.56. The van der Waals surface area contributed by atoms with Gasteiger partial charge in [0.05, 0.1) is 12.5 Å². The third-order valence-corrected chi connectivity index (χ3v) is 4.22. The number of rotatable bonds is 7. The minimum absolute atomic E-state index is 0.0509. The van der Waals surface area contributed by atoms with Crippen LogP contribution in [0.5, 0.6) is 0 Å². The highest BCUT2D eigenvalue weighted by molar-refractivity contribution is 5.80. The van der Waals surface area contributed by atoms with Gasteiger partial charge < -0.3 is 15.7 Å². The zero-order chi connectivity index (χ0) is 16.5. The Morgan fingerprint density at radius 1 is 1.09 bits per heavy atom. The van der Waals surface area contributed by atoms with E-state index in [-0.39, 0.29) is 24.3 Å². The van der Waals surface area contributed by atoms with Crippen molar-refractivity contribution < 1.29 is 14.7 Å². The predicted octanol–water partition coefficient (Wildman–Crippen LogP) is 1.40. The van der Waals surface area contributed by atoms with Crippen LogP contribution in [0, 0.1) is 5.92 Å². The van der Waals surface area contributed by atoms with E-state index < -0.39 is 0 Å². The van der Waals surface area contributed by atoms with Gasteiger partial charge in [-0.2, -0.15) is 0 Å². The van der Waals surface area contributed by atoms with Crippen LogP contribution in [0.3, 0.4) is 0 Å². The number of nitrogens with one attached hydrogen (secondary N) is 2. The molecule has 5 heteroatoms. The van der Waals surface area contributed by atoms with E-state index in [9.17, 15) is 14.7 Å². The number of carbonyl (C=O) groups is 2. The monoisotopic (exact) mass is 318 g/mol. The number of aliphatic hydroxyl groups excluding tert-OH is 1. The second kappa shape index (κ2) is 9.30. The van der Waals surface area contributed by atoms with Crippen molar-refractivity contribution in [3.63, 3.8) is 0 Å². The summed E-state index contributed by atoms with van der Waals surface area (Å²) in [5.74, 6) is 0.250. The van der Waals surface area contributed by atoms with E-state index in [0.717, 1.165) is 31.2 Å². The summed E-state index contributed by atoms with van der Waals surface area (Å²) in [4.78, 5) is 23.5. The quantitative estimate of drug-likeness (QED) is 0.711. The molecule has 0 saturated heterocycles. The van der Waals surface area contributed by atoms with Crippen molar-refractivity contribution in [2.45, 2.75) is 44.6 Å². The molecule has 0 heterocycles. The third kappa shape index (κ3) is 6.82. The SMILES string of the molecule is O=C(CCNC(=O)Cc1ccccc1)NCC1CCCC(O)C1. The molecule has 0 bridgehead atoms. The molecule has 0 aliphatic heterocycles. The first kappa shape index (κ1) is 17.5. The summed E-state index contributed by atoms with van der Waals surface area (Å²) in [5, 5.41) is 15.3. The summed E-state index contributed by atoms with van der Waals surface area (Å²) in [5.41, 5.74) is 0.963. The number of hydrogen-bond donors (Lipinski definition) is 3. The van der Waals surface area contributed by atoms with Crippen LogP contribution in [-0.2, 0) is 16.0 Å². The van der Waals surface area contributed by atoms with Crippen molar-refractivity contribution in [1.29, 1.82) is 0 Å². The fourth-order valence-corrected chi connectivity index (χ4v) is 2.95. The smallest absolute Gasteiger partial charge is 0.224 e. The van der Waals surface area contributed by atoms with Crippen LogP contribution in [0.2, 0.25) is 0 Å². The summed E-state index contributed by atoms with van der Waals surface area (Å²) in [6.45, 7) is 0.971. The highest BCUT2D eigenvalue weighted by atomic mass is 16.3. The molecule has 2 atom stereocenters. The standard InChI is InChI=1S/C18H26N2O3/c21-16-8-4-7-15(11-16)13-20-17(22)9-10-19-18(23)12-14-5-2-1-3-6-14/h1-3,5-6,15-16,21H,4,7-13H2,(H,19,23)(H,20,22). The zero-order valence-electron chi connectivity index (χ0n) is 13.5. The Kier molecular flexibility index (Phi) is 7.07. The fraction of sp³-hybridized carbons (Fsp3) is 0.556. The van der Waals surface area contributed by atoms with Gasteiger partial charge in [-0.1, -0.05) is 36.8 Å². The van der Waals surface area contributed by atoms with E-state index in [1.165, 1.54) is 0 Å². The number of amides is 2. The van der Waals surface area contributed by atoms with E-state index in [1.807, 2.05) is 30.3 Å². The second-order valence-corrected chi connectivity index (χ2v) is 6.25. The largest absolute Gasteiger partial charge is 0.393 e. The molecule has 23 heavy (non-hydrogen) atoms. The highest BCUT2D eigenvalue weighted by Crippen LogP contribution is 2.23. The molecule has 2 amide bonds. The van der Waals surface area contributed by atoms with Crippen LogP contribution in [0.1, 0.15) is 37.7 Å². The van der Waals surface area contributed by atoms with Gasteiger partial charge in [0.15, 0.2) is 0 Å². The van der Waals surface area contributed by atoms with Crippen molar-refractivity contribution in [3.8, 4) is 0 Å². The molecule has 1 aliphatic rings. The lowest BCUT2D eigenvalue weighted by Crippen LogP contribution is -2.35. The van der Waals surface area contributed by atoms with Crippen LogP contribution in [0.4, 0.5) is 0 Å². The van der Waals surface area contributed by atoms with Gasteiger partial charge in [-0.15, -0.1) is 0 Å². The number of carbonyl (C=O) groups excluding carboxylic acids is 2. The molecule has 126 valence electrons. The molecule has 0 radical (unpaired) electrons. The normalized spacial score (nSPS) is 20.7. The molecule has 1 fully saturated rings. The van der Waals surface area contributed by atoms with Gasteiger partial charge in [0.2, 0.25) is 11.8 Å². The van der Waals surface area contributed by atoms with Gasteiger partial charge in [-0.25, -0.2) is 0 Å². The summed E-state index contributed by atoms with van der Waals surface area (Å²) in [6, 6.07) is 9.53. The fourth-order valence-electron chi connectivity index (χ4n) is 2.95. The Bertz CT molecular complexity index is 504. The lowest BCUT2D eigenvalue weighted by molar-refractivity contribution is -0.122. The average molecular weight is 318 g/mol. The van der Waals surface area contributed by atoms with Crippen LogP contribution in [0.25, 0.3) is 0 Å². The molecule has 1 saturated carbocycles. The molecule has 1 aromatic rings. The molecule has 1 aromatic carbocycles. The van der Waals surface area contributed by atoms with Crippen LogP contribution >= 0.6 is 0 Å². The number of aliphatic hydroxyl groups is 1. The van der Waals surface area contributed by atoms with Crippen molar-refractivity contribution in [1.82, 2.24) is 10.6 Å². The van der Waals surface area contributed by atoms with Crippen molar-refractivity contribution in [2.24, 2.45) is 5.92 Å². The Morgan fingerprint density at radius 3 is 2.61 bits per heavy atom. The maximum absolute atomic E-state index is 11.8. The topological polar surface area (TPSA) is 78.4 Å². The maximum atomic E-state index is 11.8. The minimum atomic E-state index is -0.220. The van der Waals surface area contributed by atoms with Gasteiger partial charge in [0.1, 0.15) is 0 Å². The zero-order valence-corrected chi connectivity index (χ0v) is 13.5. The summed E-state index contributed by atoms with van der Waals surface area (Å²) < 4.78 is 0. The lowest BCUT2D eigenvalue weighted by Gasteiger charge is -2.25.